The van der Waals surface area contributed by atoms with Gasteiger partial charge in [-0.15, -0.1) is 0 Å². The first-order chi connectivity index (χ1) is 16.3. The number of hydrogen-bond acceptors (Lipinski definition) is 6. The maximum absolute atomic E-state index is 13.5. The largest absolute Gasteiger partial charge is 0.372 e. The standard InChI is InChI=1S/C24H29ClN6O3/c1-24(2)14-31(12-21(32)30-7-5-26-6-8-30)20(13-34-24)23(33)29-18-10-15(25)9-17-16-3-4-27-11-19(16)28-22(17)18/h3-4,9-11,20,26,28H,5-8,12-14H2,1-2H3,(H,29,33)/t20-/m0/s1. The minimum absolute atomic E-state index is 0.0327. The van der Waals surface area contributed by atoms with Crippen molar-refractivity contribution in [1.29, 1.82) is 0 Å². The first kappa shape index (κ1) is 23.0. The van der Waals surface area contributed by atoms with Gasteiger partial charge in [-0.1, -0.05) is 11.6 Å². The van der Waals surface area contributed by atoms with Crippen molar-refractivity contribution in [3.63, 3.8) is 0 Å². The van der Waals surface area contributed by atoms with Gasteiger partial charge in [0.05, 0.1) is 41.7 Å². The number of aromatic nitrogens is 2. The molecule has 3 N–H and O–H groups in total. The fourth-order valence-electron chi connectivity index (χ4n) is 4.78. The molecule has 4 heterocycles. The van der Waals surface area contributed by atoms with Crippen molar-refractivity contribution in [2.24, 2.45) is 0 Å². The van der Waals surface area contributed by atoms with Crippen molar-refractivity contribution in [2.45, 2.75) is 25.5 Å². The number of pyridine rings is 1. The van der Waals surface area contributed by atoms with Crippen molar-refractivity contribution >= 4 is 50.9 Å². The highest BCUT2D eigenvalue weighted by molar-refractivity contribution is 6.33. The van der Waals surface area contributed by atoms with Gasteiger partial charge in [-0.25, -0.2) is 0 Å². The molecule has 1 aromatic carbocycles. The van der Waals surface area contributed by atoms with Gasteiger partial charge in [0.1, 0.15) is 6.04 Å². The number of hydrogen-bond donors (Lipinski definition) is 3. The highest BCUT2D eigenvalue weighted by Gasteiger charge is 2.39. The third-order valence-corrected chi connectivity index (χ3v) is 6.72. The van der Waals surface area contributed by atoms with E-state index in [4.69, 9.17) is 16.3 Å². The summed E-state index contributed by atoms with van der Waals surface area (Å²) in [5.41, 5.74) is 1.78. The van der Waals surface area contributed by atoms with E-state index in [0.717, 1.165) is 34.9 Å². The number of fused-ring (bicyclic) bond motifs is 3. The molecule has 5 rings (SSSR count). The number of ether oxygens (including phenoxy) is 1. The summed E-state index contributed by atoms with van der Waals surface area (Å²) in [6.45, 7) is 7.74. The van der Waals surface area contributed by atoms with Crippen LogP contribution in [0.15, 0.2) is 30.6 Å². The van der Waals surface area contributed by atoms with Crippen LogP contribution in [-0.4, -0.2) is 89.1 Å². The molecule has 0 spiro atoms. The zero-order valence-electron chi connectivity index (χ0n) is 19.4. The van der Waals surface area contributed by atoms with E-state index in [0.29, 0.717) is 30.3 Å². The number of rotatable bonds is 4. The molecule has 180 valence electrons. The molecular formula is C24H29ClN6O3. The molecule has 2 aliphatic rings. The van der Waals surface area contributed by atoms with Gasteiger partial charge in [-0.05, 0) is 32.0 Å². The van der Waals surface area contributed by atoms with Crippen LogP contribution in [0.5, 0.6) is 0 Å². The number of carbonyl (C=O) groups is 2. The summed E-state index contributed by atoms with van der Waals surface area (Å²) in [5, 5.41) is 8.71. The number of amides is 2. The highest BCUT2D eigenvalue weighted by Crippen LogP contribution is 2.33. The van der Waals surface area contributed by atoms with Crippen molar-refractivity contribution in [1.82, 2.24) is 25.1 Å². The van der Waals surface area contributed by atoms with Crippen LogP contribution in [0.3, 0.4) is 0 Å². The lowest BCUT2D eigenvalue weighted by molar-refractivity contribution is -0.150. The van der Waals surface area contributed by atoms with Gasteiger partial charge >= 0.3 is 0 Å². The second-order valence-corrected chi connectivity index (χ2v) is 9.97. The van der Waals surface area contributed by atoms with Crippen LogP contribution in [-0.2, 0) is 14.3 Å². The van der Waals surface area contributed by atoms with E-state index in [1.54, 1.807) is 18.5 Å². The predicted octanol–water partition coefficient (Wildman–Crippen LogP) is 2.22. The van der Waals surface area contributed by atoms with Crippen LogP contribution in [0.25, 0.3) is 21.8 Å². The molecule has 9 nitrogen and oxygen atoms in total. The van der Waals surface area contributed by atoms with E-state index in [1.165, 1.54) is 0 Å². The minimum atomic E-state index is -0.597. The van der Waals surface area contributed by atoms with Crippen molar-refractivity contribution in [2.75, 3.05) is 51.2 Å². The van der Waals surface area contributed by atoms with E-state index in [9.17, 15) is 9.59 Å². The molecule has 34 heavy (non-hydrogen) atoms. The van der Waals surface area contributed by atoms with Crippen LogP contribution < -0.4 is 10.6 Å². The Morgan fingerprint density at radius 1 is 1.26 bits per heavy atom. The van der Waals surface area contributed by atoms with Gasteiger partial charge in [0.2, 0.25) is 11.8 Å². The Morgan fingerprint density at radius 2 is 2.06 bits per heavy atom. The fourth-order valence-corrected chi connectivity index (χ4v) is 5.00. The second-order valence-electron chi connectivity index (χ2n) is 9.53. The van der Waals surface area contributed by atoms with Gasteiger partial charge in [-0.2, -0.15) is 0 Å². The quantitative estimate of drug-likeness (QED) is 0.525. The van der Waals surface area contributed by atoms with Gasteiger partial charge in [0.15, 0.2) is 0 Å². The van der Waals surface area contributed by atoms with E-state index >= 15 is 0 Å². The topological polar surface area (TPSA) is 103 Å². The van der Waals surface area contributed by atoms with Gasteiger partial charge in [-0.3, -0.25) is 19.5 Å². The number of H-pyrrole nitrogens is 1. The predicted molar refractivity (Wildman–Crippen MR) is 132 cm³/mol. The number of nitrogens with one attached hydrogen (secondary N) is 3. The summed E-state index contributed by atoms with van der Waals surface area (Å²) in [4.78, 5) is 37.7. The molecule has 1 atom stereocenters. The van der Waals surface area contributed by atoms with Crippen LogP contribution >= 0.6 is 11.6 Å². The Kier molecular flexibility index (Phi) is 6.20. The van der Waals surface area contributed by atoms with Crippen molar-refractivity contribution in [3.8, 4) is 0 Å². The Balaban J connectivity index is 1.40. The number of benzene rings is 1. The summed E-state index contributed by atoms with van der Waals surface area (Å²) in [6.07, 6.45) is 3.47. The third-order valence-electron chi connectivity index (χ3n) is 6.50. The number of carbonyl (C=O) groups excluding carboxylic acids is 2. The molecule has 10 heteroatoms. The van der Waals surface area contributed by atoms with Crippen molar-refractivity contribution < 1.29 is 14.3 Å². The number of morpholine rings is 1. The van der Waals surface area contributed by atoms with Crippen LogP contribution in [0.4, 0.5) is 5.69 Å². The molecule has 0 bridgehead atoms. The summed E-state index contributed by atoms with van der Waals surface area (Å²) in [6, 6.07) is 4.92. The zero-order valence-corrected chi connectivity index (χ0v) is 20.1. The molecular weight excluding hydrogens is 456 g/mol. The molecule has 2 aliphatic heterocycles. The van der Waals surface area contributed by atoms with E-state index in [1.807, 2.05) is 35.8 Å². The van der Waals surface area contributed by atoms with Gasteiger partial charge < -0.3 is 25.3 Å². The fraction of sp³-hybridized carbons (Fsp3) is 0.458. The summed E-state index contributed by atoms with van der Waals surface area (Å²) < 4.78 is 5.97. The maximum atomic E-state index is 13.5. The Hall–Kier alpha value is -2.72. The zero-order chi connectivity index (χ0) is 23.9. The lowest BCUT2D eigenvalue weighted by Crippen LogP contribution is -2.60. The first-order valence-corrected chi connectivity index (χ1v) is 11.9. The van der Waals surface area contributed by atoms with E-state index < -0.39 is 11.6 Å². The lowest BCUT2D eigenvalue weighted by Gasteiger charge is -2.43. The lowest BCUT2D eigenvalue weighted by atomic mass is 10.0. The number of aromatic amines is 1. The average Bonchev–Trinajstić information content (AvgIpc) is 3.18. The third kappa shape index (κ3) is 4.61. The average molecular weight is 485 g/mol. The molecule has 0 radical (unpaired) electrons. The normalized spacial score (nSPS) is 21.1. The Labute approximate surface area is 202 Å². The molecule has 2 saturated heterocycles. The SMILES string of the molecule is CC1(C)CN(CC(=O)N2CCNCC2)[C@H](C(=O)Nc2cc(Cl)cc3c2[nH]c2cnccc23)CO1. The summed E-state index contributed by atoms with van der Waals surface area (Å²) in [5.74, 6) is -0.200. The Morgan fingerprint density at radius 3 is 2.85 bits per heavy atom. The van der Waals surface area contributed by atoms with Gasteiger partial charge in [0.25, 0.3) is 0 Å². The number of halogens is 1. The monoisotopic (exact) mass is 484 g/mol. The molecule has 0 aliphatic carbocycles. The molecule has 3 aromatic rings. The number of nitrogens with zero attached hydrogens (tertiary/aromatic N) is 3. The van der Waals surface area contributed by atoms with E-state index in [2.05, 4.69) is 20.6 Å². The van der Waals surface area contributed by atoms with Gasteiger partial charge in [0, 0.05) is 54.7 Å². The highest BCUT2D eigenvalue weighted by atomic mass is 35.5. The number of anilines is 1. The van der Waals surface area contributed by atoms with Crippen LogP contribution in [0, 0.1) is 0 Å². The first-order valence-electron chi connectivity index (χ1n) is 11.5. The summed E-state index contributed by atoms with van der Waals surface area (Å²) in [7, 11) is 0. The molecule has 0 unspecified atom stereocenters. The Bertz CT molecular complexity index is 1240. The van der Waals surface area contributed by atoms with E-state index in [-0.39, 0.29) is 25.0 Å². The smallest absolute Gasteiger partial charge is 0.244 e. The summed E-state index contributed by atoms with van der Waals surface area (Å²) >= 11 is 6.40. The molecule has 0 saturated carbocycles. The molecule has 2 amide bonds. The number of piperazine rings is 1. The minimum Gasteiger partial charge on any atom is -0.372 e. The second kappa shape index (κ2) is 9.14. The maximum Gasteiger partial charge on any atom is 0.244 e. The van der Waals surface area contributed by atoms with Crippen molar-refractivity contribution in [3.05, 3.63) is 35.6 Å². The molecule has 2 aromatic heterocycles. The van der Waals surface area contributed by atoms with Crippen LogP contribution in [0.2, 0.25) is 5.02 Å². The molecule has 2 fully saturated rings. The van der Waals surface area contributed by atoms with Crippen LogP contribution in [0.1, 0.15) is 13.8 Å².